The number of carbonyl (C=O) groups excluding carboxylic acids is 2. The molecule has 41 heavy (non-hydrogen) atoms. The lowest BCUT2D eigenvalue weighted by atomic mass is 9.86. The molecule has 0 fully saturated rings. The Kier molecular flexibility index (Phi) is 9.19. The molecular weight excluding hydrogens is 562 g/mol. The predicted molar refractivity (Wildman–Crippen MR) is 164 cm³/mol. The summed E-state index contributed by atoms with van der Waals surface area (Å²) < 4.78 is 40.9. The van der Waals surface area contributed by atoms with Gasteiger partial charge in [0.2, 0.25) is 10.0 Å². The van der Waals surface area contributed by atoms with Crippen molar-refractivity contribution in [2.45, 2.75) is 58.8 Å². The number of benzene rings is 2. The second kappa shape index (κ2) is 11.8. The second-order valence-electron chi connectivity index (χ2n) is 12.4. The SMILES string of the molecule is Cc1ccc(C(=O)Nc2cc(C(C)(C)C)cc(NS(C)(=O)=O)c2S(C)=O)cc1-n1cc(C(=O)NCC(C)(C)C)cn1. The van der Waals surface area contributed by atoms with E-state index in [0.717, 1.165) is 17.4 Å². The molecule has 1 atom stereocenters. The zero-order valence-electron chi connectivity index (χ0n) is 25.0. The van der Waals surface area contributed by atoms with Gasteiger partial charge < -0.3 is 10.6 Å². The van der Waals surface area contributed by atoms with E-state index in [-0.39, 0.29) is 27.6 Å². The van der Waals surface area contributed by atoms with Crippen molar-refractivity contribution in [2.24, 2.45) is 5.41 Å². The summed E-state index contributed by atoms with van der Waals surface area (Å²) in [6.07, 6.45) is 5.52. The standard InChI is InChI=1S/C29H39N5O5S2/c1-18-10-11-19(12-24(18)34-16-20(15-31-34)26(35)30-17-28(2,3)4)27(36)32-22-13-21(29(5,6)7)14-23(25(22)40(8)37)33-41(9,38)39/h10-16,33H,17H2,1-9H3,(H,30,35)(H,32,36). The predicted octanol–water partition coefficient (Wildman–Crippen LogP) is 4.62. The largest absolute Gasteiger partial charge is 0.351 e. The number of anilines is 2. The lowest BCUT2D eigenvalue weighted by molar-refractivity contribution is 0.0938. The van der Waals surface area contributed by atoms with Crippen molar-refractivity contribution in [3.8, 4) is 5.69 Å². The zero-order chi connectivity index (χ0) is 30.9. The molecule has 0 spiro atoms. The Hall–Kier alpha value is -3.51. The van der Waals surface area contributed by atoms with E-state index in [2.05, 4.69) is 20.5 Å². The molecule has 10 nitrogen and oxygen atoms in total. The van der Waals surface area contributed by atoms with Gasteiger partial charge in [-0.05, 0) is 53.1 Å². The lowest BCUT2D eigenvalue weighted by Gasteiger charge is -2.24. The average Bonchev–Trinajstić information content (AvgIpc) is 3.30. The van der Waals surface area contributed by atoms with Gasteiger partial charge in [-0.1, -0.05) is 47.6 Å². The van der Waals surface area contributed by atoms with Crippen molar-refractivity contribution in [2.75, 3.05) is 29.1 Å². The van der Waals surface area contributed by atoms with Crippen LogP contribution in [0.2, 0.25) is 0 Å². The number of hydrogen-bond donors (Lipinski definition) is 3. The van der Waals surface area contributed by atoms with Crippen molar-refractivity contribution in [1.82, 2.24) is 15.1 Å². The van der Waals surface area contributed by atoms with E-state index in [0.29, 0.717) is 23.4 Å². The maximum atomic E-state index is 13.5. The molecule has 222 valence electrons. The molecule has 0 aliphatic heterocycles. The molecule has 2 aromatic carbocycles. The number of aryl methyl sites for hydroxylation is 1. The van der Waals surface area contributed by atoms with Crippen LogP contribution in [0.4, 0.5) is 11.4 Å². The van der Waals surface area contributed by atoms with Crippen LogP contribution in [0.25, 0.3) is 5.69 Å². The molecule has 0 saturated carbocycles. The van der Waals surface area contributed by atoms with E-state index in [4.69, 9.17) is 0 Å². The number of hydrogen-bond acceptors (Lipinski definition) is 6. The third kappa shape index (κ3) is 8.49. The third-order valence-corrected chi connectivity index (χ3v) is 7.73. The Morgan fingerprint density at radius 3 is 2.17 bits per heavy atom. The van der Waals surface area contributed by atoms with Crippen molar-refractivity contribution in [1.29, 1.82) is 0 Å². The Bertz CT molecular complexity index is 1610. The summed E-state index contributed by atoms with van der Waals surface area (Å²) in [7, 11) is -5.32. The Labute approximate surface area is 244 Å². The fourth-order valence-corrected chi connectivity index (χ4v) is 5.42. The number of rotatable bonds is 8. The van der Waals surface area contributed by atoms with Crippen LogP contribution in [0.15, 0.2) is 47.6 Å². The molecule has 0 aliphatic rings. The highest BCUT2D eigenvalue weighted by Gasteiger charge is 2.24. The van der Waals surface area contributed by atoms with E-state index in [1.807, 2.05) is 48.5 Å². The number of aromatic nitrogens is 2. The topological polar surface area (TPSA) is 139 Å². The minimum Gasteiger partial charge on any atom is -0.351 e. The maximum absolute atomic E-state index is 13.5. The van der Waals surface area contributed by atoms with E-state index in [1.54, 1.807) is 41.2 Å². The fraction of sp³-hybridized carbons (Fsp3) is 0.414. The number of sulfonamides is 1. The maximum Gasteiger partial charge on any atom is 0.255 e. The first-order valence-electron chi connectivity index (χ1n) is 13.0. The Morgan fingerprint density at radius 2 is 1.61 bits per heavy atom. The van der Waals surface area contributed by atoms with Crippen LogP contribution in [-0.2, 0) is 26.2 Å². The van der Waals surface area contributed by atoms with Crippen molar-refractivity contribution in [3.63, 3.8) is 0 Å². The van der Waals surface area contributed by atoms with E-state index in [9.17, 15) is 22.2 Å². The summed E-state index contributed by atoms with van der Waals surface area (Å²) in [4.78, 5) is 26.3. The number of nitrogens with one attached hydrogen (secondary N) is 3. The molecule has 1 aromatic heterocycles. The molecule has 1 heterocycles. The van der Waals surface area contributed by atoms with E-state index < -0.39 is 32.1 Å². The normalized spacial score (nSPS) is 13.0. The van der Waals surface area contributed by atoms with Crippen molar-refractivity contribution in [3.05, 3.63) is 65.0 Å². The first-order valence-corrected chi connectivity index (χ1v) is 16.4. The van der Waals surface area contributed by atoms with Gasteiger partial charge in [-0.15, -0.1) is 0 Å². The highest BCUT2D eigenvalue weighted by atomic mass is 32.2. The van der Waals surface area contributed by atoms with E-state index in [1.165, 1.54) is 12.5 Å². The van der Waals surface area contributed by atoms with Crippen LogP contribution < -0.4 is 15.4 Å². The molecule has 0 bridgehead atoms. The van der Waals surface area contributed by atoms with Crippen LogP contribution in [0.3, 0.4) is 0 Å². The van der Waals surface area contributed by atoms with Crippen molar-refractivity contribution < 1.29 is 22.2 Å². The summed E-state index contributed by atoms with van der Waals surface area (Å²) in [6, 6.07) is 8.44. The van der Waals surface area contributed by atoms with Crippen LogP contribution in [0.5, 0.6) is 0 Å². The first-order chi connectivity index (χ1) is 18.7. The van der Waals surface area contributed by atoms with Crippen LogP contribution in [0, 0.1) is 12.3 Å². The van der Waals surface area contributed by atoms with Gasteiger partial charge in [-0.2, -0.15) is 5.10 Å². The van der Waals surface area contributed by atoms with Gasteiger partial charge in [0, 0.05) is 24.6 Å². The summed E-state index contributed by atoms with van der Waals surface area (Å²) in [5.41, 5.74) is 2.80. The van der Waals surface area contributed by atoms with E-state index >= 15 is 0 Å². The van der Waals surface area contributed by atoms with Crippen LogP contribution in [-0.4, -0.2) is 53.3 Å². The third-order valence-electron chi connectivity index (χ3n) is 6.13. The molecule has 3 rings (SSSR count). The minimum atomic E-state index is -3.68. The monoisotopic (exact) mass is 601 g/mol. The van der Waals surface area contributed by atoms with Gasteiger partial charge in [0.1, 0.15) is 0 Å². The highest BCUT2D eigenvalue weighted by Crippen LogP contribution is 2.35. The van der Waals surface area contributed by atoms with Gasteiger partial charge in [0.15, 0.2) is 0 Å². The minimum absolute atomic E-state index is 0.0673. The second-order valence-corrected chi connectivity index (χ2v) is 15.4. The Balaban J connectivity index is 1.99. The number of nitrogens with zero attached hydrogens (tertiary/aromatic N) is 2. The molecule has 3 aromatic rings. The van der Waals surface area contributed by atoms with Crippen molar-refractivity contribution >= 4 is 44.0 Å². The van der Waals surface area contributed by atoms with Gasteiger partial charge >= 0.3 is 0 Å². The molecule has 1 unspecified atom stereocenters. The molecular formula is C29H39N5O5S2. The molecule has 12 heteroatoms. The Morgan fingerprint density at radius 1 is 0.976 bits per heavy atom. The summed E-state index contributed by atoms with van der Waals surface area (Å²) >= 11 is 0. The molecule has 0 aliphatic carbocycles. The summed E-state index contributed by atoms with van der Waals surface area (Å²) in [5, 5.41) is 10.1. The van der Waals surface area contributed by atoms with Crippen LogP contribution >= 0.6 is 0 Å². The summed E-state index contributed by atoms with van der Waals surface area (Å²) in [6.45, 7) is 14.3. The zero-order valence-corrected chi connectivity index (χ0v) is 26.6. The van der Waals surface area contributed by atoms with Gasteiger partial charge in [-0.25, -0.2) is 13.1 Å². The smallest absolute Gasteiger partial charge is 0.255 e. The average molecular weight is 602 g/mol. The van der Waals surface area contributed by atoms with Gasteiger partial charge in [-0.3, -0.25) is 18.5 Å². The lowest BCUT2D eigenvalue weighted by Crippen LogP contribution is -2.32. The fourth-order valence-electron chi connectivity index (χ4n) is 3.95. The molecule has 0 radical (unpaired) electrons. The molecule has 3 N–H and O–H groups in total. The highest BCUT2D eigenvalue weighted by molar-refractivity contribution is 7.92. The molecule has 2 amide bonds. The number of amides is 2. The summed E-state index contributed by atoms with van der Waals surface area (Å²) in [5.74, 6) is -0.723. The van der Waals surface area contributed by atoms with Gasteiger partial charge in [0.25, 0.3) is 11.8 Å². The first kappa shape index (κ1) is 32.0. The number of carbonyl (C=O) groups is 2. The van der Waals surface area contributed by atoms with Crippen LogP contribution in [0.1, 0.15) is 73.4 Å². The molecule has 0 saturated heterocycles. The quantitative estimate of drug-likeness (QED) is 0.345. The van der Waals surface area contributed by atoms with Gasteiger partial charge in [0.05, 0.1) is 50.8 Å².